The molecule has 0 radical (unpaired) electrons. The lowest BCUT2D eigenvalue weighted by atomic mass is 10.2. The van der Waals surface area contributed by atoms with Crippen molar-refractivity contribution in [1.82, 2.24) is 0 Å². The van der Waals surface area contributed by atoms with Crippen LogP contribution in [0.25, 0.3) is 0 Å². The predicted octanol–water partition coefficient (Wildman–Crippen LogP) is 2.63. The Kier molecular flexibility index (Phi) is 3.85. The van der Waals surface area contributed by atoms with Crippen LogP contribution in [0.3, 0.4) is 0 Å². The Balaban J connectivity index is 2.34. The number of carbonyl (C=O) groups is 2. The average Bonchev–Trinajstić information content (AvgIpc) is 2.47. The number of ether oxygens (including phenoxy) is 1. The van der Waals surface area contributed by atoms with Crippen molar-refractivity contribution in [3.05, 3.63) is 69.8 Å². The molecule has 0 spiro atoms. The lowest BCUT2D eigenvalue weighted by molar-refractivity contribution is -0.385. The van der Waals surface area contributed by atoms with E-state index in [9.17, 15) is 19.7 Å². The van der Waals surface area contributed by atoms with Gasteiger partial charge in [-0.15, -0.1) is 0 Å². The van der Waals surface area contributed by atoms with Gasteiger partial charge in [-0.3, -0.25) is 14.9 Å². The van der Waals surface area contributed by atoms with E-state index in [4.69, 9.17) is 4.74 Å². The molecule has 0 aliphatic rings. The summed E-state index contributed by atoms with van der Waals surface area (Å²) < 4.78 is 5.04. The first kappa shape index (κ1) is 13.4. The van der Waals surface area contributed by atoms with Gasteiger partial charge < -0.3 is 4.74 Å². The molecule has 0 aliphatic heterocycles. The van der Waals surface area contributed by atoms with Gasteiger partial charge in [0.05, 0.1) is 10.5 Å². The number of rotatable bonds is 4. The summed E-state index contributed by atoms with van der Waals surface area (Å²) in [5.74, 6) is -0.822. The highest BCUT2D eigenvalue weighted by molar-refractivity contribution is 5.96. The van der Waals surface area contributed by atoms with Crippen molar-refractivity contribution in [3.63, 3.8) is 0 Å². The number of hydrogen-bond donors (Lipinski definition) is 0. The van der Waals surface area contributed by atoms with Crippen molar-refractivity contribution < 1.29 is 19.2 Å². The molecule has 2 rings (SSSR count). The molecule has 6 heteroatoms. The lowest BCUT2D eigenvalue weighted by Crippen LogP contribution is -2.12. The van der Waals surface area contributed by atoms with Crippen molar-refractivity contribution in [3.8, 4) is 5.75 Å². The topological polar surface area (TPSA) is 86.5 Å². The molecule has 20 heavy (non-hydrogen) atoms. The number of benzene rings is 2. The Hall–Kier alpha value is -3.02. The van der Waals surface area contributed by atoms with Crippen LogP contribution in [0.15, 0.2) is 48.5 Å². The molecule has 0 aromatic heterocycles. The standard InChI is InChI=1S/C14H9NO5/c16-9-10-5-1-4-8-13(10)20-14(17)11-6-2-3-7-12(11)15(18)19/h1-9H. The summed E-state index contributed by atoms with van der Waals surface area (Å²) in [6, 6.07) is 11.6. The van der Waals surface area contributed by atoms with Crippen LogP contribution >= 0.6 is 0 Å². The van der Waals surface area contributed by atoms with Gasteiger partial charge in [-0.1, -0.05) is 24.3 Å². The second-order valence-electron chi connectivity index (χ2n) is 3.82. The largest absolute Gasteiger partial charge is 0.422 e. The Morgan fingerprint density at radius 1 is 1.10 bits per heavy atom. The molecule has 100 valence electrons. The molecule has 6 nitrogen and oxygen atoms in total. The van der Waals surface area contributed by atoms with Gasteiger partial charge in [-0.05, 0) is 18.2 Å². The second kappa shape index (κ2) is 5.75. The van der Waals surface area contributed by atoms with Crippen LogP contribution in [-0.2, 0) is 0 Å². The van der Waals surface area contributed by atoms with Gasteiger partial charge in [-0.25, -0.2) is 4.79 Å². The van der Waals surface area contributed by atoms with Crippen molar-refractivity contribution in [1.29, 1.82) is 0 Å². The molecule has 0 bridgehead atoms. The molecule has 2 aromatic rings. The summed E-state index contributed by atoms with van der Waals surface area (Å²) in [6.45, 7) is 0. The van der Waals surface area contributed by atoms with Gasteiger partial charge in [-0.2, -0.15) is 0 Å². The Bertz CT molecular complexity index is 681. The zero-order valence-corrected chi connectivity index (χ0v) is 10.2. The number of nitrogens with zero attached hydrogens (tertiary/aromatic N) is 1. The molecule has 0 heterocycles. The molecule has 0 atom stereocenters. The summed E-state index contributed by atoms with van der Waals surface area (Å²) in [7, 11) is 0. The van der Waals surface area contributed by atoms with E-state index in [0.29, 0.717) is 6.29 Å². The van der Waals surface area contributed by atoms with Crippen molar-refractivity contribution in [2.45, 2.75) is 0 Å². The highest BCUT2D eigenvalue weighted by Crippen LogP contribution is 2.22. The Morgan fingerprint density at radius 2 is 1.75 bits per heavy atom. The summed E-state index contributed by atoms with van der Waals surface area (Å²) >= 11 is 0. The van der Waals surface area contributed by atoms with Gasteiger partial charge in [0, 0.05) is 6.07 Å². The normalized spacial score (nSPS) is 9.80. The maximum Gasteiger partial charge on any atom is 0.350 e. The molecule has 0 saturated carbocycles. The van der Waals surface area contributed by atoms with Gasteiger partial charge in [0.1, 0.15) is 11.3 Å². The van der Waals surface area contributed by atoms with E-state index in [1.54, 1.807) is 12.1 Å². The molecule has 0 saturated heterocycles. The maximum absolute atomic E-state index is 12.0. The fourth-order valence-corrected chi connectivity index (χ4v) is 1.63. The molecule has 2 aromatic carbocycles. The molecule has 0 amide bonds. The first-order chi connectivity index (χ1) is 9.63. The summed E-state index contributed by atoms with van der Waals surface area (Å²) in [5.41, 5.74) is -0.321. The zero-order valence-electron chi connectivity index (χ0n) is 10.2. The van der Waals surface area contributed by atoms with Crippen LogP contribution in [0.4, 0.5) is 5.69 Å². The lowest BCUT2D eigenvalue weighted by Gasteiger charge is -2.06. The maximum atomic E-state index is 12.0. The highest BCUT2D eigenvalue weighted by atomic mass is 16.6. The van der Waals surface area contributed by atoms with Crippen LogP contribution in [-0.4, -0.2) is 17.2 Å². The van der Waals surface area contributed by atoms with E-state index in [1.807, 2.05) is 0 Å². The number of aldehydes is 1. The summed E-state index contributed by atoms with van der Waals surface area (Å²) in [4.78, 5) is 33.0. The smallest absolute Gasteiger partial charge is 0.350 e. The predicted molar refractivity (Wildman–Crippen MR) is 69.9 cm³/mol. The van der Waals surface area contributed by atoms with Gasteiger partial charge in [0.15, 0.2) is 6.29 Å². The van der Waals surface area contributed by atoms with Crippen LogP contribution in [0, 0.1) is 10.1 Å². The highest BCUT2D eigenvalue weighted by Gasteiger charge is 2.21. The number of hydrogen-bond acceptors (Lipinski definition) is 5. The third-order valence-corrected chi connectivity index (χ3v) is 2.57. The average molecular weight is 271 g/mol. The van der Waals surface area contributed by atoms with E-state index >= 15 is 0 Å². The van der Waals surface area contributed by atoms with Crippen molar-refractivity contribution in [2.75, 3.05) is 0 Å². The van der Waals surface area contributed by atoms with E-state index in [2.05, 4.69) is 0 Å². The quantitative estimate of drug-likeness (QED) is 0.280. The van der Waals surface area contributed by atoms with E-state index < -0.39 is 10.9 Å². The summed E-state index contributed by atoms with van der Waals surface area (Å²) in [5, 5.41) is 10.8. The first-order valence-electron chi connectivity index (χ1n) is 5.63. The molecular formula is C14H9NO5. The van der Waals surface area contributed by atoms with Gasteiger partial charge in [0.25, 0.3) is 5.69 Å². The van der Waals surface area contributed by atoms with Crippen molar-refractivity contribution >= 4 is 17.9 Å². The number of nitro groups is 1. The first-order valence-corrected chi connectivity index (χ1v) is 5.63. The number of para-hydroxylation sites is 2. The van der Waals surface area contributed by atoms with Crippen molar-refractivity contribution in [2.24, 2.45) is 0 Å². The van der Waals surface area contributed by atoms with Crippen LogP contribution in [0.2, 0.25) is 0 Å². The Morgan fingerprint density at radius 3 is 2.45 bits per heavy atom. The molecule has 0 unspecified atom stereocenters. The third-order valence-electron chi connectivity index (χ3n) is 2.57. The fourth-order valence-electron chi connectivity index (χ4n) is 1.63. The molecule has 0 aliphatic carbocycles. The molecule has 0 N–H and O–H groups in total. The second-order valence-corrected chi connectivity index (χ2v) is 3.82. The molecular weight excluding hydrogens is 262 g/mol. The van der Waals surface area contributed by atoms with E-state index in [0.717, 1.165) is 0 Å². The van der Waals surface area contributed by atoms with E-state index in [1.165, 1.54) is 36.4 Å². The SMILES string of the molecule is O=Cc1ccccc1OC(=O)c1ccccc1[N+](=O)[O-]. The zero-order chi connectivity index (χ0) is 14.5. The minimum absolute atomic E-state index is 0.0608. The van der Waals surface area contributed by atoms with Crippen LogP contribution in [0.1, 0.15) is 20.7 Å². The van der Waals surface area contributed by atoms with Gasteiger partial charge in [0.2, 0.25) is 0 Å². The van der Waals surface area contributed by atoms with Crippen LogP contribution in [0.5, 0.6) is 5.75 Å². The number of nitro benzene ring substituents is 1. The Labute approximate surface area is 113 Å². The third kappa shape index (κ3) is 2.69. The van der Waals surface area contributed by atoms with Gasteiger partial charge >= 0.3 is 5.97 Å². The van der Waals surface area contributed by atoms with E-state index in [-0.39, 0.29) is 22.6 Å². The molecule has 0 fully saturated rings. The monoisotopic (exact) mass is 271 g/mol. The minimum atomic E-state index is -0.883. The minimum Gasteiger partial charge on any atom is -0.422 e. The number of esters is 1. The summed E-state index contributed by atoms with van der Waals surface area (Å²) in [6.07, 6.45) is 0.544. The fraction of sp³-hybridized carbons (Fsp3) is 0. The van der Waals surface area contributed by atoms with Crippen LogP contribution < -0.4 is 4.74 Å². The number of carbonyl (C=O) groups excluding carboxylic acids is 2.